The Balaban J connectivity index is 1.75. The molecule has 0 aliphatic heterocycles. The van der Waals surface area contributed by atoms with E-state index in [-0.39, 0.29) is 29.1 Å². The van der Waals surface area contributed by atoms with E-state index in [1.807, 2.05) is 13.8 Å². The van der Waals surface area contributed by atoms with E-state index >= 15 is 0 Å². The number of nitrogens with zero attached hydrogens (tertiary/aromatic N) is 2. The van der Waals surface area contributed by atoms with Gasteiger partial charge in [0, 0.05) is 12.6 Å². The van der Waals surface area contributed by atoms with E-state index in [1.165, 1.54) is 29.2 Å². The number of hydrogen-bond donors (Lipinski definition) is 1. The van der Waals surface area contributed by atoms with Crippen molar-refractivity contribution in [1.82, 2.24) is 10.2 Å². The average molecular weight is 610 g/mol. The van der Waals surface area contributed by atoms with Crippen molar-refractivity contribution < 1.29 is 27.1 Å². The highest BCUT2D eigenvalue weighted by Gasteiger charge is 2.35. The molecular formula is C33H40FN3O5S. The maximum Gasteiger partial charge on any atom is 0.264 e. The van der Waals surface area contributed by atoms with Crippen LogP contribution in [0.1, 0.15) is 57.1 Å². The summed E-state index contributed by atoms with van der Waals surface area (Å²) in [5.74, 6) is -0.965. The van der Waals surface area contributed by atoms with Crippen LogP contribution < -0.4 is 14.4 Å². The zero-order valence-electron chi connectivity index (χ0n) is 25.0. The molecule has 1 atom stereocenters. The number of nitrogens with one attached hydrogen (secondary N) is 1. The molecule has 4 rings (SSSR count). The minimum absolute atomic E-state index is 0.00122. The molecule has 1 aliphatic rings. The van der Waals surface area contributed by atoms with Gasteiger partial charge in [-0.1, -0.05) is 61.7 Å². The Morgan fingerprint density at radius 2 is 1.63 bits per heavy atom. The van der Waals surface area contributed by atoms with E-state index < -0.39 is 34.3 Å². The molecule has 0 heterocycles. The highest BCUT2D eigenvalue weighted by Crippen LogP contribution is 2.33. The van der Waals surface area contributed by atoms with Crippen LogP contribution in [0.2, 0.25) is 0 Å². The Labute approximate surface area is 253 Å². The third-order valence-electron chi connectivity index (χ3n) is 7.68. The SMILES string of the molecule is CCOc1ccccc1N(CC(=O)N(Cc1ccc(F)cc1)C(CC)C(=O)NC1CCCC1)S(=O)(=O)c1ccc(C)cc1. The summed E-state index contributed by atoms with van der Waals surface area (Å²) in [5.41, 5.74) is 1.72. The summed E-state index contributed by atoms with van der Waals surface area (Å²) >= 11 is 0. The van der Waals surface area contributed by atoms with Crippen molar-refractivity contribution in [3.63, 3.8) is 0 Å². The van der Waals surface area contributed by atoms with Crippen LogP contribution in [-0.4, -0.2) is 50.4 Å². The van der Waals surface area contributed by atoms with Crippen molar-refractivity contribution in [1.29, 1.82) is 0 Å². The molecule has 8 nitrogen and oxygen atoms in total. The van der Waals surface area contributed by atoms with Crippen molar-refractivity contribution in [2.75, 3.05) is 17.5 Å². The maximum atomic E-state index is 14.3. The molecule has 3 aromatic rings. The summed E-state index contributed by atoms with van der Waals surface area (Å²) in [5, 5.41) is 3.09. The molecule has 0 radical (unpaired) electrons. The number of halogens is 1. The molecule has 0 aromatic heterocycles. The molecule has 10 heteroatoms. The Morgan fingerprint density at radius 3 is 2.26 bits per heavy atom. The quantitative estimate of drug-likeness (QED) is 0.273. The molecular weight excluding hydrogens is 569 g/mol. The maximum absolute atomic E-state index is 14.3. The molecule has 1 saturated carbocycles. The Kier molecular flexibility index (Phi) is 10.8. The summed E-state index contributed by atoms with van der Waals surface area (Å²) in [4.78, 5) is 29.2. The van der Waals surface area contributed by atoms with Crippen molar-refractivity contribution in [3.8, 4) is 5.75 Å². The number of aryl methyl sites for hydroxylation is 1. The molecule has 0 bridgehead atoms. The molecule has 1 aliphatic carbocycles. The zero-order valence-corrected chi connectivity index (χ0v) is 25.8. The van der Waals surface area contributed by atoms with Gasteiger partial charge >= 0.3 is 0 Å². The van der Waals surface area contributed by atoms with E-state index in [0.717, 1.165) is 35.6 Å². The Morgan fingerprint density at radius 1 is 0.977 bits per heavy atom. The van der Waals surface area contributed by atoms with Gasteiger partial charge in [0.15, 0.2) is 0 Å². The number of rotatable bonds is 13. The average Bonchev–Trinajstić information content (AvgIpc) is 3.50. The van der Waals surface area contributed by atoms with Crippen LogP contribution in [0, 0.1) is 12.7 Å². The minimum Gasteiger partial charge on any atom is -0.492 e. The fourth-order valence-corrected chi connectivity index (χ4v) is 6.79. The molecule has 0 spiro atoms. The van der Waals surface area contributed by atoms with E-state index in [2.05, 4.69) is 5.32 Å². The summed E-state index contributed by atoms with van der Waals surface area (Å²) in [6.07, 6.45) is 4.14. The lowest BCUT2D eigenvalue weighted by Gasteiger charge is -2.34. The largest absolute Gasteiger partial charge is 0.492 e. The first kappa shape index (κ1) is 32.0. The topological polar surface area (TPSA) is 96.0 Å². The lowest BCUT2D eigenvalue weighted by molar-refractivity contribution is -0.140. The molecule has 1 N–H and O–H groups in total. The number of benzene rings is 3. The van der Waals surface area contributed by atoms with E-state index in [9.17, 15) is 22.4 Å². The predicted octanol–water partition coefficient (Wildman–Crippen LogP) is 5.59. The fourth-order valence-electron chi connectivity index (χ4n) is 5.37. The van der Waals surface area contributed by atoms with Crippen molar-refractivity contribution in [2.45, 2.75) is 76.4 Å². The second-order valence-electron chi connectivity index (χ2n) is 10.8. The number of anilines is 1. The van der Waals surface area contributed by atoms with Gasteiger partial charge in [-0.05, 0) is 75.1 Å². The van der Waals surface area contributed by atoms with Gasteiger partial charge in [0.05, 0.1) is 17.2 Å². The second kappa shape index (κ2) is 14.5. The van der Waals surface area contributed by atoms with Crippen molar-refractivity contribution >= 4 is 27.5 Å². The molecule has 1 fully saturated rings. The van der Waals surface area contributed by atoms with Crippen molar-refractivity contribution in [2.24, 2.45) is 0 Å². The minimum atomic E-state index is -4.23. The molecule has 3 aromatic carbocycles. The number of carbonyl (C=O) groups excluding carboxylic acids is 2. The van der Waals surface area contributed by atoms with Crippen LogP contribution in [-0.2, 0) is 26.2 Å². The first-order valence-electron chi connectivity index (χ1n) is 14.8. The zero-order chi connectivity index (χ0) is 31.0. The second-order valence-corrected chi connectivity index (χ2v) is 12.6. The van der Waals surface area contributed by atoms with Crippen LogP contribution >= 0.6 is 0 Å². The molecule has 230 valence electrons. The van der Waals surface area contributed by atoms with E-state index in [0.29, 0.717) is 24.3 Å². The summed E-state index contributed by atoms with van der Waals surface area (Å²) in [7, 11) is -4.23. The number of hydrogen-bond acceptors (Lipinski definition) is 5. The van der Waals surface area contributed by atoms with Gasteiger partial charge in [-0.3, -0.25) is 13.9 Å². The lowest BCUT2D eigenvalue weighted by Crippen LogP contribution is -2.53. The van der Waals surface area contributed by atoms with Crippen molar-refractivity contribution in [3.05, 3.63) is 89.7 Å². The number of amides is 2. The normalized spacial score (nSPS) is 14.2. The van der Waals surface area contributed by atoms with Gasteiger partial charge in [-0.25, -0.2) is 12.8 Å². The van der Waals surface area contributed by atoms with E-state index in [4.69, 9.17) is 4.74 Å². The summed E-state index contributed by atoms with van der Waals surface area (Å²) < 4.78 is 48.8. The van der Waals surface area contributed by atoms with Gasteiger partial charge in [-0.2, -0.15) is 0 Å². The van der Waals surface area contributed by atoms with E-state index in [1.54, 1.807) is 55.5 Å². The Hall–Kier alpha value is -3.92. The first-order chi connectivity index (χ1) is 20.6. The third-order valence-corrected chi connectivity index (χ3v) is 9.45. The number of sulfonamides is 1. The fraction of sp³-hybridized carbons (Fsp3) is 0.394. The predicted molar refractivity (Wildman–Crippen MR) is 165 cm³/mol. The highest BCUT2D eigenvalue weighted by atomic mass is 32.2. The third kappa shape index (κ3) is 7.93. The van der Waals surface area contributed by atoms with Crippen LogP contribution in [0.25, 0.3) is 0 Å². The monoisotopic (exact) mass is 609 g/mol. The number of ether oxygens (including phenoxy) is 1. The van der Waals surface area contributed by atoms with Gasteiger partial charge in [-0.15, -0.1) is 0 Å². The molecule has 0 saturated heterocycles. The van der Waals surface area contributed by atoms with Gasteiger partial charge in [0.25, 0.3) is 10.0 Å². The summed E-state index contributed by atoms with van der Waals surface area (Å²) in [6, 6.07) is 18.0. The van der Waals surface area contributed by atoms with Gasteiger partial charge in [0.2, 0.25) is 11.8 Å². The molecule has 1 unspecified atom stereocenters. The standard InChI is InChI=1S/C33H40FN3O5S/c1-4-29(33(39)35-27-10-6-7-11-27)36(22-25-16-18-26(34)19-17-25)32(38)23-37(30-12-8-9-13-31(30)42-5-2)43(40,41)28-20-14-24(3)15-21-28/h8-9,12-21,27,29H,4-7,10-11,22-23H2,1-3H3,(H,35,39). The molecule has 43 heavy (non-hydrogen) atoms. The van der Waals surface area contributed by atoms with Crippen LogP contribution in [0.15, 0.2) is 77.7 Å². The smallest absolute Gasteiger partial charge is 0.264 e. The number of carbonyl (C=O) groups is 2. The van der Waals surface area contributed by atoms with Crippen LogP contribution in [0.3, 0.4) is 0 Å². The number of para-hydroxylation sites is 2. The van der Waals surface area contributed by atoms with Crippen LogP contribution in [0.5, 0.6) is 5.75 Å². The Bertz CT molecular complexity index is 1490. The van der Waals surface area contributed by atoms with Crippen LogP contribution in [0.4, 0.5) is 10.1 Å². The lowest BCUT2D eigenvalue weighted by atomic mass is 10.1. The summed E-state index contributed by atoms with van der Waals surface area (Å²) in [6.45, 7) is 5.18. The van der Waals surface area contributed by atoms with Gasteiger partial charge in [0.1, 0.15) is 24.2 Å². The molecule has 2 amide bonds. The highest BCUT2D eigenvalue weighted by molar-refractivity contribution is 7.92. The first-order valence-corrected chi connectivity index (χ1v) is 16.2. The van der Waals surface area contributed by atoms with Gasteiger partial charge < -0.3 is 15.0 Å².